The van der Waals surface area contributed by atoms with E-state index in [1.165, 1.54) is 25.7 Å². The Morgan fingerprint density at radius 2 is 2.00 bits per heavy atom. The third-order valence-corrected chi connectivity index (χ3v) is 3.92. The van der Waals surface area contributed by atoms with Crippen molar-refractivity contribution in [1.82, 2.24) is 0 Å². The van der Waals surface area contributed by atoms with Crippen molar-refractivity contribution in [2.75, 3.05) is 7.11 Å². The van der Waals surface area contributed by atoms with Gasteiger partial charge in [0.25, 0.3) is 0 Å². The van der Waals surface area contributed by atoms with E-state index in [1.54, 1.807) is 7.11 Å². The van der Waals surface area contributed by atoms with Crippen LogP contribution in [0, 0.1) is 11.8 Å². The van der Waals surface area contributed by atoms with Gasteiger partial charge in [-0.15, -0.1) is 0 Å². The fraction of sp³-hybridized carbons (Fsp3) is 1.00. The second-order valence-electron chi connectivity index (χ2n) is 6.18. The van der Waals surface area contributed by atoms with Crippen LogP contribution in [0.5, 0.6) is 0 Å². The van der Waals surface area contributed by atoms with Gasteiger partial charge in [-0.2, -0.15) is 0 Å². The fourth-order valence-electron chi connectivity index (χ4n) is 2.72. The molecule has 0 saturated carbocycles. The second-order valence-corrected chi connectivity index (χ2v) is 6.18. The van der Waals surface area contributed by atoms with Gasteiger partial charge in [0.15, 0.2) is 12.6 Å². The molecule has 0 aliphatic carbocycles. The molecule has 4 unspecified atom stereocenters. The molecule has 4 atom stereocenters. The molecule has 1 aliphatic heterocycles. The van der Waals surface area contributed by atoms with E-state index < -0.39 is 0 Å². The highest BCUT2D eigenvalue weighted by Gasteiger charge is 2.27. The molecule has 1 aliphatic rings. The third-order valence-electron chi connectivity index (χ3n) is 3.92. The standard InChI is InChI=1S/C16H32O3/c1-6-7-8-14-10-9-13(4)18-15(11-14)19-16(17-5)12(2)3/h12-16H,6-11H2,1-5H3. The molecular formula is C16H32O3. The molecule has 1 fully saturated rings. The summed E-state index contributed by atoms with van der Waals surface area (Å²) in [7, 11) is 1.71. The third kappa shape index (κ3) is 6.24. The molecule has 114 valence electrons. The maximum atomic E-state index is 6.02. The first-order valence-corrected chi connectivity index (χ1v) is 7.90. The van der Waals surface area contributed by atoms with Crippen LogP contribution in [-0.2, 0) is 14.2 Å². The lowest BCUT2D eigenvalue weighted by atomic mass is 9.93. The van der Waals surface area contributed by atoms with Gasteiger partial charge in [0, 0.05) is 19.4 Å². The lowest BCUT2D eigenvalue weighted by molar-refractivity contribution is -0.262. The first kappa shape index (κ1) is 16.9. The highest BCUT2D eigenvalue weighted by atomic mass is 16.8. The number of ether oxygens (including phenoxy) is 3. The van der Waals surface area contributed by atoms with E-state index in [-0.39, 0.29) is 12.6 Å². The molecule has 1 heterocycles. The van der Waals surface area contributed by atoms with Crippen LogP contribution >= 0.6 is 0 Å². The smallest absolute Gasteiger partial charge is 0.162 e. The largest absolute Gasteiger partial charge is 0.356 e. The van der Waals surface area contributed by atoms with Crippen LogP contribution in [-0.4, -0.2) is 25.8 Å². The SMILES string of the molecule is CCCCC1CCC(C)OC(OC(OC)C(C)C)C1. The monoisotopic (exact) mass is 272 g/mol. The Balaban J connectivity index is 2.52. The Hall–Kier alpha value is -0.120. The summed E-state index contributed by atoms with van der Waals surface area (Å²) >= 11 is 0. The van der Waals surface area contributed by atoms with Crippen molar-refractivity contribution < 1.29 is 14.2 Å². The Labute approximate surface area is 119 Å². The van der Waals surface area contributed by atoms with Crippen molar-refractivity contribution in [3.63, 3.8) is 0 Å². The predicted molar refractivity (Wildman–Crippen MR) is 77.9 cm³/mol. The van der Waals surface area contributed by atoms with Crippen LogP contribution in [0.2, 0.25) is 0 Å². The number of hydrogen-bond acceptors (Lipinski definition) is 3. The van der Waals surface area contributed by atoms with Gasteiger partial charge >= 0.3 is 0 Å². The zero-order valence-corrected chi connectivity index (χ0v) is 13.4. The summed E-state index contributed by atoms with van der Waals surface area (Å²) in [6.45, 7) is 8.63. The van der Waals surface area contributed by atoms with Gasteiger partial charge in [-0.25, -0.2) is 0 Å². The van der Waals surface area contributed by atoms with Crippen molar-refractivity contribution in [2.24, 2.45) is 11.8 Å². The Morgan fingerprint density at radius 3 is 2.58 bits per heavy atom. The van der Waals surface area contributed by atoms with Crippen molar-refractivity contribution in [3.05, 3.63) is 0 Å². The van der Waals surface area contributed by atoms with Gasteiger partial charge in [0.2, 0.25) is 0 Å². The maximum absolute atomic E-state index is 6.02. The highest BCUT2D eigenvalue weighted by Crippen LogP contribution is 2.29. The lowest BCUT2D eigenvalue weighted by Gasteiger charge is -2.28. The number of unbranched alkanes of at least 4 members (excludes halogenated alkanes) is 1. The predicted octanol–water partition coefficient (Wildman–Crippen LogP) is 4.35. The lowest BCUT2D eigenvalue weighted by Crippen LogP contribution is -2.31. The van der Waals surface area contributed by atoms with E-state index in [4.69, 9.17) is 14.2 Å². The Kier molecular flexibility index (Phi) is 7.96. The van der Waals surface area contributed by atoms with E-state index in [2.05, 4.69) is 27.7 Å². The normalized spacial score (nSPS) is 30.3. The summed E-state index contributed by atoms with van der Waals surface area (Å²) in [4.78, 5) is 0. The fourth-order valence-corrected chi connectivity index (χ4v) is 2.72. The molecule has 0 aromatic heterocycles. The molecule has 1 rings (SSSR count). The van der Waals surface area contributed by atoms with E-state index in [0.29, 0.717) is 12.0 Å². The summed E-state index contributed by atoms with van der Waals surface area (Å²) in [6.07, 6.45) is 7.32. The minimum absolute atomic E-state index is 0.105. The van der Waals surface area contributed by atoms with Crippen LogP contribution in [0.1, 0.15) is 66.2 Å². The van der Waals surface area contributed by atoms with Crippen molar-refractivity contribution >= 4 is 0 Å². The highest BCUT2D eigenvalue weighted by molar-refractivity contribution is 4.70. The number of methoxy groups -OCH3 is 1. The van der Waals surface area contributed by atoms with Gasteiger partial charge in [-0.1, -0.05) is 40.0 Å². The minimum atomic E-state index is -0.165. The molecule has 0 radical (unpaired) electrons. The first-order valence-electron chi connectivity index (χ1n) is 7.90. The average molecular weight is 272 g/mol. The Bertz CT molecular complexity index is 230. The van der Waals surface area contributed by atoms with Crippen LogP contribution in [0.4, 0.5) is 0 Å². The summed E-state index contributed by atoms with van der Waals surface area (Å²) in [6, 6.07) is 0. The summed E-state index contributed by atoms with van der Waals surface area (Å²) in [5.74, 6) is 1.08. The summed E-state index contributed by atoms with van der Waals surface area (Å²) in [5, 5.41) is 0. The first-order chi connectivity index (χ1) is 9.06. The van der Waals surface area contributed by atoms with Gasteiger partial charge < -0.3 is 14.2 Å². The second kappa shape index (κ2) is 8.93. The molecule has 0 aromatic rings. The van der Waals surface area contributed by atoms with E-state index in [9.17, 15) is 0 Å². The molecule has 3 nitrogen and oxygen atoms in total. The zero-order chi connectivity index (χ0) is 14.3. The van der Waals surface area contributed by atoms with Crippen LogP contribution < -0.4 is 0 Å². The van der Waals surface area contributed by atoms with Gasteiger partial charge in [0.05, 0.1) is 6.10 Å². The van der Waals surface area contributed by atoms with E-state index in [1.807, 2.05) is 0 Å². The molecule has 0 aromatic carbocycles. The van der Waals surface area contributed by atoms with Crippen molar-refractivity contribution in [1.29, 1.82) is 0 Å². The van der Waals surface area contributed by atoms with Crippen molar-refractivity contribution in [3.8, 4) is 0 Å². The summed E-state index contributed by atoms with van der Waals surface area (Å²) in [5.41, 5.74) is 0. The molecule has 1 saturated heterocycles. The molecule has 0 N–H and O–H groups in total. The summed E-state index contributed by atoms with van der Waals surface area (Å²) < 4.78 is 17.4. The molecule has 3 heteroatoms. The van der Waals surface area contributed by atoms with Gasteiger partial charge in [0.1, 0.15) is 0 Å². The molecular weight excluding hydrogens is 240 g/mol. The van der Waals surface area contributed by atoms with E-state index >= 15 is 0 Å². The quantitative estimate of drug-likeness (QED) is 0.645. The van der Waals surface area contributed by atoms with Crippen LogP contribution in [0.25, 0.3) is 0 Å². The van der Waals surface area contributed by atoms with Gasteiger partial charge in [-0.05, 0) is 25.7 Å². The van der Waals surface area contributed by atoms with Crippen LogP contribution in [0.3, 0.4) is 0 Å². The minimum Gasteiger partial charge on any atom is -0.356 e. The number of rotatable bonds is 7. The van der Waals surface area contributed by atoms with Crippen LogP contribution in [0.15, 0.2) is 0 Å². The molecule has 0 bridgehead atoms. The molecule has 0 spiro atoms. The maximum Gasteiger partial charge on any atom is 0.162 e. The van der Waals surface area contributed by atoms with Gasteiger partial charge in [-0.3, -0.25) is 0 Å². The number of hydrogen-bond donors (Lipinski definition) is 0. The Morgan fingerprint density at radius 1 is 1.26 bits per heavy atom. The zero-order valence-electron chi connectivity index (χ0n) is 13.4. The molecule has 0 amide bonds. The van der Waals surface area contributed by atoms with E-state index in [0.717, 1.165) is 18.8 Å². The molecule has 19 heavy (non-hydrogen) atoms. The van der Waals surface area contributed by atoms with Crippen molar-refractivity contribution in [2.45, 2.75) is 84.9 Å². The average Bonchev–Trinajstić information content (AvgIpc) is 2.54. The topological polar surface area (TPSA) is 27.7 Å².